The fourth-order valence-electron chi connectivity index (χ4n) is 1.78. The first-order valence-corrected chi connectivity index (χ1v) is 6.70. The first-order chi connectivity index (χ1) is 8.08. The number of halogens is 2. The van der Waals surface area contributed by atoms with Gasteiger partial charge in [0.1, 0.15) is 5.82 Å². The predicted molar refractivity (Wildman–Crippen MR) is 74.6 cm³/mol. The highest BCUT2D eigenvalue weighted by Gasteiger charge is 2.07. The van der Waals surface area contributed by atoms with Crippen molar-refractivity contribution in [3.63, 3.8) is 0 Å². The molecule has 0 atom stereocenters. The van der Waals surface area contributed by atoms with Crippen LogP contribution >= 0.6 is 27.5 Å². The molecule has 0 spiro atoms. The van der Waals surface area contributed by atoms with Gasteiger partial charge in [0, 0.05) is 29.3 Å². The van der Waals surface area contributed by atoms with Crippen LogP contribution in [-0.4, -0.2) is 9.55 Å². The maximum atomic E-state index is 5.98. The maximum absolute atomic E-state index is 5.98. The molecule has 0 aliphatic carbocycles. The van der Waals surface area contributed by atoms with Gasteiger partial charge in [-0.2, -0.15) is 0 Å². The highest BCUT2D eigenvalue weighted by molar-refractivity contribution is 9.10. The second-order valence-corrected chi connectivity index (χ2v) is 5.53. The molecular formula is C13H14BrClN2. The lowest BCUT2D eigenvalue weighted by Crippen LogP contribution is -2.06. The first-order valence-electron chi connectivity index (χ1n) is 5.53. The summed E-state index contributed by atoms with van der Waals surface area (Å²) < 4.78 is 3.11. The Morgan fingerprint density at radius 3 is 2.82 bits per heavy atom. The molecule has 0 unspecified atom stereocenters. The van der Waals surface area contributed by atoms with Gasteiger partial charge in [-0.15, -0.1) is 0 Å². The van der Waals surface area contributed by atoms with Crippen molar-refractivity contribution in [2.24, 2.45) is 0 Å². The average Bonchev–Trinajstić information content (AvgIpc) is 2.72. The molecule has 2 rings (SSSR count). The van der Waals surface area contributed by atoms with Gasteiger partial charge in [0.05, 0.1) is 5.02 Å². The van der Waals surface area contributed by atoms with Gasteiger partial charge in [-0.05, 0) is 47.5 Å². The third-order valence-corrected chi connectivity index (χ3v) is 3.87. The molecule has 4 heteroatoms. The molecule has 90 valence electrons. The zero-order valence-corrected chi connectivity index (χ0v) is 12.2. The van der Waals surface area contributed by atoms with Crippen LogP contribution in [0, 0.1) is 0 Å². The van der Waals surface area contributed by atoms with Crippen LogP contribution in [0.25, 0.3) is 0 Å². The molecule has 17 heavy (non-hydrogen) atoms. The van der Waals surface area contributed by atoms with Crippen molar-refractivity contribution in [2.75, 3.05) is 0 Å². The van der Waals surface area contributed by atoms with Crippen molar-refractivity contribution in [2.45, 2.75) is 26.3 Å². The van der Waals surface area contributed by atoms with E-state index in [9.17, 15) is 0 Å². The van der Waals surface area contributed by atoms with Crippen LogP contribution < -0.4 is 0 Å². The van der Waals surface area contributed by atoms with E-state index in [1.807, 2.05) is 30.6 Å². The second-order valence-electron chi connectivity index (χ2n) is 4.27. The maximum Gasteiger partial charge on any atom is 0.113 e. The zero-order valence-electron chi connectivity index (χ0n) is 9.82. The number of nitrogens with zero attached hydrogens (tertiary/aromatic N) is 2. The van der Waals surface area contributed by atoms with Gasteiger partial charge in [-0.25, -0.2) is 4.98 Å². The third kappa shape index (κ3) is 2.90. The smallest absolute Gasteiger partial charge is 0.113 e. The molecule has 2 nitrogen and oxygen atoms in total. The number of hydrogen-bond donors (Lipinski definition) is 0. The Morgan fingerprint density at radius 1 is 1.41 bits per heavy atom. The van der Waals surface area contributed by atoms with Crippen LogP contribution in [0.4, 0.5) is 0 Å². The van der Waals surface area contributed by atoms with Gasteiger partial charge >= 0.3 is 0 Å². The standard InChI is InChI=1S/C13H14BrClN2/c1-9(2)17-6-5-16-13(17)8-10-3-4-12(15)11(14)7-10/h3-7,9H,8H2,1-2H3. The Hall–Kier alpha value is -0.800. The lowest BCUT2D eigenvalue weighted by molar-refractivity contribution is 0.574. The molecule has 0 amide bonds. The van der Waals surface area contributed by atoms with Crippen LogP contribution in [0.1, 0.15) is 31.3 Å². The molecule has 2 aromatic rings. The summed E-state index contributed by atoms with van der Waals surface area (Å²) in [6, 6.07) is 6.42. The molecule has 0 aliphatic heterocycles. The summed E-state index contributed by atoms with van der Waals surface area (Å²) in [4.78, 5) is 4.40. The number of hydrogen-bond acceptors (Lipinski definition) is 1. The van der Waals surface area contributed by atoms with E-state index in [2.05, 4.69) is 39.3 Å². The molecule has 1 heterocycles. The van der Waals surface area contributed by atoms with Crippen molar-refractivity contribution in [1.29, 1.82) is 0 Å². The molecule has 0 aliphatic rings. The summed E-state index contributed by atoms with van der Waals surface area (Å²) in [5, 5.41) is 0.737. The van der Waals surface area contributed by atoms with Crippen molar-refractivity contribution >= 4 is 27.5 Å². The van der Waals surface area contributed by atoms with Crippen molar-refractivity contribution in [3.8, 4) is 0 Å². The zero-order chi connectivity index (χ0) is 12.4. The lowest BCUT2D eigenvalue weighted by atomic mass is 10.1. The summed E-state index contributed by atoms with van der Waals surface area (Å²) in [5.41, 5.74) is 1.20. The monoisotopic (exact) mass is 312 g/mol. The van der Waals surface area contributed by atoms with Gasteiger partial charge in [-0.3, -0.25) is 0 Å². The van der Waals surface area contributed by atoms with E-state index in [4.69, 9.17) is 11.6 Å². The van der Waals surface area contributed by atoms with Crippen LogP contribution in [0.5, 0.6) is 0 Å². The van der Waals surface area contributed by atoms with Crippen LogP contribution in [0.3, 0.4) is 0 Å². The predicted octanol–water partition coefficient (Wildman–Crippen LogP) is 4.47. The number of rotatable bonds is 3. The van der Waals surface area contributed by atoms with Crippen LogP contribution in [-0.2, 0) is 6.42 Å². The molecule has 1 aromatic carbocycles. The van der Waals surface area contributed by atoms with Gasteiger partial charge in [-0.1, -0.05) is 17.7 Å². The Balaban J connectivity index is 2.25. The Kier molecular flexibility index (Phi) is 3.89. The molecule has 0 bridgehead atoms. The topological polar surface area (TPSA) is 17.8 Å². The van der Waals surface area contributed by atoms with Gasteiger partial charge in [0.15, 0.2) is 0 Å². The number of imidazole rings is 1. The summed E-state index contributed by atoms with van der Waals surface area (Å²) in [7, 11) is 0. The summed E-state index contributed by atoms with van der Waals surface area (Å²) in [6.07, 6.45) is 4.69. The first kappa shape index (κ1) is 12.7. The second kappa shape index (κ2) is 5.23. The lowest BCUT2D eigenvalue weighted by Gasteiger charge is -2.11. The summed E-state index contributed by atoms with van der Waals surface area (Å²) in [6.45, 7) is 4.31. The Labute approximate surface area is 115 Å². The van der Waals surface area contributed by atoms with E-state index >= 15 is 0 Å². The minimum atomic E-state index is 0.434. The van der Waals surface area contributed by atoms with Crippen molar-refractivity contribution in [3.05, 3.63) is 51.5 Å². The fraction of sp³-hybridized carbons (Fsp3) is 0.308. The average molecular weight is 314 g/mol. The van der Waals surface area contributed by atoms with E-state index in [1.54, 1.807) is 0 Å². The highest BCUT2D eigenvalue weighted by atomic mass is 79.9. The van der Waals surface area contributed by atoms with Gasteiger partial charge < -0.3 is 4.57 Å². The fourth-order valence-corrected chi connectivity index (χ4v) is 2.33. The van der Waals surface area contributed by atoms with E-state index in [1.165, 1.54) is 5.56 Å². The van der Waals surface area contributed by atoms with Gasteiger partial charge in [0.2, 0.25) is 0 Å². The summed E-state index contributed by atoms with van der Waals surface area (Å²) >= 11 is 9.41. The Morgan fingerprint density at radius 2 is 2.18 bits per heavy atom. The molecule has 0 fully saturated rings. The van der Waals surface area contributed by atoms with Gasteiger partial charge in [0.25, 0.3) is 0 Å². The number of benzene rings is 1. The Bertz CT molecular complexity index is 520. The van der Waals surface area contributed by atoms with E-state index in [0.29, 0.717) is 6.04 Å². The van der Waals surface area contributed by atoms with E-state index in [-0.39, 0.29) is 0 Å². The van der Waals surface area contributed by atoms with E-state index in [0.717, 1.165) is 21.7 Å². The SMILES string of the molecule is CC(C)n1ccnc1Cc1ccc(Cl)c(Br)c1. The van der Waals surface area contributed by atoms with Crippen LogP contribution in [0.2, 0.25) is 5.02 Å². The summed E-state index contributed by atoms with van der Waals surface area (Å²) in [5.74, 6) is 1.08. The van der Waals surface area contributed by atoms with Crippen LogP contribution in [0.15, 0.2) is 35.1 Å². The molecular weight excluding hydrogens is 300 g/mol. The van der Waals surface area contributed by atoms with E-state index < -0.39 is 0 Å². The minimum absolute atomic E-state index is 0.434. The molecule has 0 radical (unpaired) electrons. The molecule has 0 N–H and O–H groups in total. The largest absolute Gasteiger partial charge is 0.332 e. The normalized spacial score (nSPS) is 11.1. The minimum Gasteiger partial charge on any atom is -0.332 e. The highest BCUT2D eigenvalue weighted by Crippen LogP contribution is 2.24. The quantitative estimate of drug-likeness (QED) is 0.817. The third-order valence-electron chi connectivity index (χ3n) is 2.65. The van der Waals surface area contributed by atoms with Crippen molar-refractivity contribution in [1.82, 2.24) is 9.55 Å². The molecule has 1 aromatic heterocycles. The molecule has 0 saturated carbocycles. The number of aromatic nitrogens is 2. The molecule has 0 saturated heterocycles. The van der Waals surface area contributed by atoms with Crippen molar-refractivity contribution < 1.29 is 0 Å².